The molecule has 1 heterocycles. The van der Waals surface area contributed by atoms with Gasteiger partial charge in [0.25, 0.3) is 5.24 Å². The molecule has 0 aromatic heterocycles. The third kappa shape index (κ3) is 3.19. The molecule has 1 aromatic carbocycles. The van der Waals surface area contributed by atoms with Crippen molar-refractivity contribution in [3.8, 4) is 0 Å². The highest BCUT2D eigenvalue weighted by Crippen LogP contribution is 2.30. The number of hydrogen-bond donors (Lipinski definition) is 1. The van der Waals surface area contributed by atoms with Crippen LogP contribution in [0.2, 0.25) is 0 Å². The molecule has 2 amide bonds. The summed E-state index contributed by atoms with van der Waals surface area (Å²) in [5, 5.41) is 2.23. The van der Waals surface area contributed by atoms with E-state index in [1.54, 1.807) is 0 Å². The van der Waals surface area contributed by atoms with Crippen LogP contribution in [-0.4, -0.2) is 28.5 Å². The molecule has 19 heavy (non-hydrogen) atoms. The first kappa shape index (κ1) is 13.7. The number of carbonyl (C=O) groups is 2. The van der Waals surface area contributed by atoms with Crippen LogP contribution in [0.15, 0.2) is 24.3 Å². The highest BCUT2D eigenvalue weighted by atomic mass is 32.2. The SMILES string of the molecule is O=C1CSC(=O)N1CNc1cccc(C(F)(F)F)c1. The highest BCUT2D eigenvalue weighted by molar-refractivity contribution is 8.14. The number of thioether (sulfide) groups is 1. The molecule has 1 saturated heterocycles. The molecule has 1 aliphatic rings. The summed E-state index contributed by atoms with van der Waals surface area (Å²) in [7, 11) is 0. The Morgan fingerprint density at radius 2 is 2.05 bits per heavy atom. The van der Waals surface area contributed by atoms with Crippen molar-refractivity contribution in [2.24, 2.45) is 0 Å². The van der Waals surface area contributed by atoms with Crippen molar-refractivity contribution < 1.29 is 22.8 Å². The number of carbonyl (C=O) groups excluding carboxylic acids is 2. The lowest BCUT2D eigenvalue weighted by Gasteiger charge is -2.15. The lowest BCUT2D eigenvalue weighted by atomic mass is 10.2. The normalized spacial score (nSPS) is 16.1. The van der Waals surface area contributed by atoms with Crippen LogP contribution in [0.3, 0.4) is 0 Å². The van der Waals surface area contributed by atoms with Gasteiger partial charge in [-0.1, -0.05) is 17.8 Å². The van der Waals surface area contributed by atoms with E-state index in [0.29, 0.717) is 0 Å². The molecular formula is C11H9F3N2O2S. The van der Waals surface area contributed by atoms with Gasteiger partial charge in [-0.15, -0.1) is 0 Å². The van der Waals surface area contributed by atoms with Gasteiger partial charge in [-0.2, -0.15) is 13.2 Å². The Balaban J connectivity index is 2.04. The van der Waals surface area contributed by atoms with Crippen molar-refractivity contribution in [2.45, 2.75) is 6.18 Å². The van der Waals surface area contributed by atoms with E-state index in [0.717, 1.165) is 28.8 Å². The molecule has 0 radical (unpaired) electrons. The summed E-state index contributed by atoms with van der Waals surface area (Å²) in [4.78, 5) is 23.5. The summed E-state index contributed by atoms with van der Waals surface area (Å²) in [6.07, 6.45) is -4.42. The number of alkyl halides is 3. The van der Waals surface area contributed by atoms with Gasteiger partial charge in [0.15, 0.2) is 0 Å². The van der Waals surface area contributed by atoms with Crippen LogP contribution in [0, 0.1) is 0 Å². The van der Waals surface area contributed by atoms with Crippen molar-refractivity contribution >= 4 is 28.6 Å². The minimum Gasteiger partial charge on any atom is -0.367 e. The Labute approximate surface area is 111 Å². The van der Waals surface area contributed by atoms with Gasteiger partial charge in [0.1, 0.15) is 0 Å². The molecule has 4 nitrogen and oxygen atoms in total. The monoisotopic (exact) mass is 290 g/mol. The smallest absolute Gasteiger partial charge is 0.367 e. The molecule has 1 aliphatic heterocycles. The van der Waals surface area contributed by atoms with Crippen molar-refractivity contribution in [1.29, 1.82) is 0 Å². The zero-order valence-corrected chi connectivity index (χ0v) is 10.3. The molecule has 0 aliphatic carbocycles. The Morgan fingerprint density at radius 3 is 2.63 bits per heavy atom. The number of halogens is 3. The van der Waals surface area contributed by atoms with Gasteiger partial charge in [-0.25, -0.2) is 0 Å². The molecule has 0 bridgehead atoms. The van der Waals surface area contributed by atoms with Crippen LogP contribution >= 0.6 is 11.8 Å². The van der Waals surface area contributed by atoms with Crippen molar-refractivity contribution in [2.75, 3.05) is 17.7 Å². The van der Waals surface area contributed by atoms with Gasteiger partial charge in [0.05, 0.1) is 18.0 Å². The van der Waals surface area contributed by atoms with E-state index < -0.39 is 17.0 Å². The zero-order valence-electron chi connectivity index (χ0n) is 9.53. The Hall–Kier alpha value is -1.70. The summed E-state index contributed by atoms with van der Waals surface area (Å²) in [6.45, 7) is -0.133. The van der Waals surface area contributed by atoms with E-state index in [-0.39, 0.29) is 24.0 Å². The van der Waals surface area contributed by atoms with Crippen LogP contribution in [0.1, 0.15) is 5.56 Å². The predicted molar refractivity (Wildman–Crippen MR) is 64.6 cm³/mol. The van der Waals surface area contributed by atoms with E-state index in [1.807, 2.05) is 0 Å². The Morgan fingerprint density at radius 1 is 1.32 bits per heavy atom. The largest absolute Gasteiger partial charge is 0.416 e. The minimum atomic E-state index is -4.42. The fourth-order valence-electron chi connectivity index (χ4n) is 1.51. The van der Waals surface area contributed by atoms with E-state index in [9.17, 15) is 22.8 Å². The number of nitrogens with one attached hydrogen (secondary N) is 1. The second kappa shape index (κ2) is 5.12. The lowest BCUT2D eigenvalue weighted by Crippen LogP contribution is -2.33. The van der Waals surface area contributed by atoms with Crippen LogP contribution in [0.4, 0.5) is 23.7 Å². The van der Waals surface area contributed by atoms with Crippen LogP contribution in [0.5, 0.6) is 0 Å². The zero-order chi connectivity index (χ0) is 14.0. The molecule has 8 heteroatoms. The first-order valence-corrected chi connectivity index (χ1v) is 6.25. The van der Waals surface area contributed by atoms with E-state index in [1.165, 1.54) is 12.1 Å². The van der Waals surface area contributed by atoms with Gasteiger partial charge in [-0.05, 0) is 18.2 Å². The molecule has 102 valence electrons. The minimum absolute atomic E-state index is 0.0725. The van der Waals surface area contributed by atoms with E-state index in [2.05, 4.69) is 5.32 Å². The maximum Gasteiger partial charge on any atom is 0.416 e. The number of nitrogens with zero attached hydrogens (tertiary/aromatic N) is 1. The van der Waals surface area contributed by atoms with Crippen LogP contribution < -0.4 is 5.32 Å². The number of amides is 2. The average molecular weight is 290 g/mol. The summed E-state index contributed by atoms with van der Waals surface area (Å²) >= 11 is 0.873. The van der Waals surface area contributed by atoms with Gasteiger partial charge >= 0.3 is 6.18 Å². The highest BCUT2D eigenvalue weighted by Gasteiger charge is 2.31. The van der Waals surface area contributed by atoms with Crippen molar-refractivity contribution in [3.63, 3.8) is 0 Å². The number of benzene rings is 1. The molecule has 0 saturated carbocycles. The average Bonchev–Trinajstić information content (AvgIpc) is 2.66. The summed E-state index contributed by atoms with van der Waals surface area (Å²) in [5.74, 6) is -0.280. The third-order valence-corrected chi connectivity index (χ3v) is 3.33. The Bertz CT molecular complexity index is 503. The standard InChI is InChI=1S/C11H9F3N2O2S/c12-11(13,14)7-2-1-3-8(4-7)15-6-16-9(17)5-19-10(16)18/h1-4,15H,5-6H2. The van der Waals surface area contributed by atoms with Gasteiger partial charge < -0.3 is 5.32 Å². The van der Waals surface area contributed by atoms with Gasteiger partial charge in [0.2, 0.25) is 5.91 Å². The Kier molecular flexibility index (Phi) is 3.70. The number of hydrogen-bond acceptors (Lipinski definition) is 4. The first-order valence-electron chi connectivity index (χ1n) is 5.26. The second-order valence-corrected chi connectivity index (χ2v) is 4.72. The molecule has 1 N–H and O–H groups in total. The van der Waals surface area contributed by atoms with Crippen molar-refractivity contribution in [3.05, 3.63) is 29.8 Å². The quantitative estimate of drug-likeness (QED) is 0.930. The van der Waals surface area contributed by atoms with Crippen LogP contribution in [-0.2, 0) is 11.0 Å². The predicted octanol–water partition coefficient (Wildman–Crippen LogP) is 2.77. The van der Waals surface area contributed by atoms with E-state index in [4.69, 9.17) is 0 Å². The maximum absolute atomic E-state index is 12.5. The summed E-state index contributed by atoms with van der Waals surface area (Å²) < 4.78 is 37.5. The fraction of sp³-hybridized carbons (Fsp3) is 0.273. The molecular weight excluding hydrogens is 281 g/mol. The molecule has 1 aromatic rings. The van der Waals surface area contributed by atoms with Gasteiger partial charge in [0, 0.05) is 5.69 Å². The van der Waals surface area contributed by atoms with E-state index >= 15 is 0 Å². The fourth-order valence-corrected chi connectivity index (χ4v) is 2.23. The van der Waals surface area contributed by atoms with Crippen molar-refractivity contribution in [1.82, 2.24) is 4.90 Å². The third-order valence-electron chi connectivity index (χ3n) is 2.47. The molecule has 0 atom stereocenters. The summed E-state index contributed by atoms with van der Waals surface area (Å²) in [5.41, 5.74) is -0.585. The molecule has 0 spiro atoms. The lowest BCUT2D eigenvalue weighted by molar-refractivity contribution is -0.137. The summed E-state index contributed by atoms with van der Waals surface area (Å²) in [6, 6.07) is 4.58. The topological polar surface area (TPSA) is 49.4 Å². The number of imide groups is 1. The molecule has 2 rings (SSSR count). The van der Waals surface area contributed by atoms with Gasteiger partial charge in [-0.3, -0.25) is 14.5 Å². The number of anilines is 1. The first-order chi connectivity index (χ1) is 8.88. The van der Waals surface area contributed by atoms with Crippen LogP contribution in [0.25, 0.3) is 0 Å². The number of rotatable bonds is 3. The molecule has 1 fully saturated rings. The molecule has 0 unspecified atom stereocenters. The maximum atomic E-state index is 12.5. The second-order valence-electron chi connectivity index (χ2n) is 3.79.